The number of aromatic nitrogens is 2. The molecule has 0 bridgehead atoms. The second-order valence-corrected chi connectivity index (χ2v) is 11.6. The van der Waals surface area contributed by atoms with Gasteiger partial charge >= 0.3 is 0 Å². The lowest BCUT2D eigenvalue weighted by Gasteiger charge is -2.24. The van der Waals surface area contributed by atoms with Crippen molar-refractivity contribution < 1.29 is 0 Å². The van der Waals surface area contributed by atoms with Gasteiger partial charge in [-0.25, -0.2) is 9.97 Å². The molecule has 2 aromatic heterocycles. The maximum absolute atomic E-state index is 5.54. The summed E-state index contributed by atoms with van der Waals surface area (Å²) in [5, 5.41) is 1.05. The summed E-state index contributed by atoms with van der Waals surface area (Å²) in [6.45, 7) is 0. The molecule has 0 unspecified atom stereocenters. The fourth-order valence-corrected chi connectivity index (χ4v) is 6.66. The minimum atomic E-state index is 0.741. The van der Waals surface area contributed by atoms with Crippen LogP contribution in [0.15, 0.2) is 170 Å². The van der Waals surface area contributed by atoms with Crippen molar-refractivity contribution in [3.8, 4) is 55.8 Å². The normalized spacial score (nSPS) is 12.7. The van der Waals surface area contributed by atoms with Crippen molar-refractivity contribution in [3.63, 3.8) is 0 Å². The van der Waals surface area contributed by atoms with Crippen LogP contribution in [-0.2, 0) is 0 Å². The highest BCUT2D eigenvalue weighted by Crippen LogP contribution is 2.50. The molecular weight excluding hydrogens is 556 g/mol. The van der Waals surface area contributed by atoms with Gasteiger partial charge in [0.05, 0.1) is 11.4 Å². The first-order valence-electron chi connectivity index (χ1n) is 15.9. The van der Waals surface area contributed by atoms with Gasteiger partial charge in [-0.3, -0.25) is 0 Å². The number of pyridine rings is 2. The predicted octanol–water partition coefficient (Wildman–Crippen LogP) is 11.7. The topological polar surface area (TPSA) is 25.8 Å². The Hall–Kier alpha value is -5.86. The molecule has 0 fully saturated rings. The molecule has 218 valence electrons. The van der Waals surface area contributed by atoms with E-state index >= 15 is 0 Å². The molecule has 7 aromatic rings. The largest absolute Gasteiger partial charge is 0.227 e. The van der Waals surface area contributed by atoms with Gasteiger partial charge in [0.15, 0.2) is 5.65 Å². The van der Waals surface area contributed by atoms with Gasteiger partial charge in [-0.05, 0) is 40.7 Å². The average Bonchev–Trinajstić information content (AvgIpc) is 3.15. The van der Waals surface area contributed by atoms with Crippen LogP contribution in [0, 0.1) is 0 Å². The SMILES string of the molecule is C1=CC(c2nc3nc(-c4ccccc4)c(-c4ccccc4)c(-c4ccccc4)c3c(-c3ccccc3)c2-c2ccccc2)=CCC1. The highest BCUT2D eigenvalue weighted by Gasteiger charge is 2.27. The zero-order chi connectivity index (χ0) is 30.7. The van der Waals surface area contributed by atoms with E-state index in [-0.39, 0.29) is 0 Å². The maximum atomic E-state index is 5.54. The van der Waals surface area contributed by atoms with E-state index in [1.54, 1.807) is 0 Å². The monoisotopic (exact) mass is 588 g/mol. The van der Waals surface area contributed by atoms with E-state index in [0.717, 1.165) is 90.9 Å². The van der Waals surface area contributed by atoms with Crippen molar-refractivity contribution in [3.05, 3.63) is 176 Å². The third-order valence-electron chi connectivity index (χ3n) is 8.70. The van der Waals surface area contributed by atoms with Crippen LogP contribution < -0.4 is 0 Å². The van der Waals surface area contributed by atoms with E-state index < -0.39 is 0 Å². The van der Waals surface area contributed by atoms with Crippen molar-refractivity contribution >= 4 is 16.6 Å². The van der Waals surface area contributed by atoms with Gasteiger partial charge in [0.25, 0.3) is 0 Å². The van der Waals surface area contributed by atoms with Crippen molar-refractivity contribution in [2.24, 2.45) is 0 Å². The molecule has 46 heavy (non-hydrogen) atoms. The minimum absolute atomic E-state index is 0.741. The Morgan fingerprint density at radius 2 is 0.761 bits per heavy atom. The number of hydrogen-bond acceptors (Lipinski definition) is 2. The van der Waals surface area contributed by atoms with Gasteiger partial charge in [-0.15, -0.1) is 0 Å². The Labute approximate surface area is 270 Å². The number of benzene rings is 5. The lowest BCUT2D eigenvalue weighted by Crippen LogP contribution is -2.05. The summed E-state index contributed by atoms with van der Waals surface area (Å²) in [4.78, 5) is 11.1. The molecule has 0 amide bonds. The van der Waals surface area contributed by atoms with Crippen molar-refractivity contribution in [2.75, 3.05) is 0 Å². The molecule has 1 aliphatic rings. The van der Waals surface area contributed by atoms with Crippen LogP contribution in [0.25, 0.3) is 72.4 Å². The molecule has 2 heteroatoms. The molecule has 2 heterocycles. The summed E-state index contributed by atoms with van der Waals surface area (Å²) in [7, 11) is 0. The molecule has 0 radical (unpaired) electrons. The number of rotatable bonds is 6. The molecule has 5 aromatic carbocycles. The number of allylic oxidation sites excluding steroid dienone is 4. The maximum Gasteiger partial charge on any atom is 0.161 e. The van der Waals surface area contributed by atoms with Crippen LogP contribution in [0.5, 0.6) is 0 Å². The van der Waals surface area contributed by atoms with E-state index in [2.05, 4.69) is 170 Å². The van der Waals surface area contributed by atoms with Crippen LogP contribution in [0.2, 0.25) is 0 Å². The highest BCUT2D eigenvalue weighted by molar-refractivity contribution is 6.16. The van der Waals surface area contributed by atoms with Gasteiger partial charge in [0, 0.05) is 33.2 Å². The van der Waals surface area contributed by atoms with Crippen LogP contribution >= 0.6 is 0 Å². The van der Waals surface area contributed by atoms with Gasteiger partial charge in [-0.1, -0.05) is 170 Å². The zero-order valence-electron chi connectivity index (χ0n) is 25.5. The van der Waals surface area contributed by atoms with Gasteiger partial charge in [-0.2, -0.15) is 0 Å². The molecule has 2 nitrogen and oxygen atoms in total. The molecule has 0 atom stereocenters. The molecule has 0 saturated carbocycles. The predicted molar refractivity (Wildman–Crippen MR) is 193 cm³/mol. The van der Waals surface area contributed by atoms with Crippen LogP contribution in [0.4, 0.5) is 0 Å². The first kappa shape index (κ1) is 27.7. The molecular formula is C44H32N2. The third kappa shape index (κ3) is 5.04. The number of fused-ring (bicyclic) bond motifs is 1. The summed E-state index contributed by atoms with van der Waals surface area (Å²) in [5.74, 6) is 0. The summed E-state index contributed by atoms with van der Waals surface area (Å²) in [6, 6.07) is 53.5. The first-order valence-corrected chi connectivity index (χ1v) is 15.9. The lowest BCUT2D eigenvalue weighted by molar-refractivity contribution is 1.04. The Morgan fingerprint density at radius 3 is 1.20 bits per heavy atom. The van der Waals surface area contributed by atoms with E-state index in [1.165, 1.54) is 0 Å². The second-order valence-electron chi connectivity index (χ2n) is 11.6. The van der Waals surface area contributed by atoms with Crippen LogP contribution in [0.1, 0.15) is 18.5 Å². The Bertz CT molecular complexity index is 2200. The van der Waals surface area contributed by atoms with Crippen molar-refractivity contribution in [1.29, 1.82) is 0 Å². The smallest absolute Gasteiger partial charge is 0.161 e. The fraction of sp³-hybridized carbons (Fsp3) is 0.0455. The summed E-state index contributed by atoms with van der Waals surface area (Å²) in [5.41, 5.74) is 13.9. The second kappa shape index (κ2) is 12.3. The molecule has 0 spiro atoms. The third-order valence-corrected chi connectivity index (χ3v) is 8.70. The van der Waals surface area contributed by atoms with Crippen molar-refractivity contribution in [1.82, 2.24) is 9.97 Å². The zero-order valence-corrected chi connectivity index (χ0v) is 25.5. The van der Waals surface area contributed by atoms with Gasteiger partial charge in [0.1, 0.15) is 0 Å². The van der Waals surface area contributed by atoms with Gasteiger partial charge < -0.3 is 0 Å². The first-order chi connectivity index (χ1) is 22.9. The van der Waals surface area contributed by atoms with E-state index in [0.29, 0.717) is 0 Å². The molecule has 0 saturated heterocycles. The lowest BCUT2D eigenvalue weighted by atomic mass is 9.82. The summed E-state index contributed by atoms with van der Waals surface area (Å²) < 4.78 is 0. The van der Waals surface area contributed by atoms with E-state index in [4.69, 9.17) is 9.97 Å². The average molecular weight is 589 g/mol. The molecule has 1 aliphatic carbocycles. The number of hydrogen-bond donors (Lipinski definition) is 0. The van der Waals surface area contributed by atoms with Crippen molar-refractivity contribution in [2.45, 2.75) is 12.8 Å². The van der Waals surface area contributed by atoms with Crippen LogP contribution in [0.3, 0.4) is 0 Å². The molecule has 8 rings (SSSR count). The molecule has 0 aliphatic heterocycles. The fourth-order valence-electron chi connectivity index (χ4n) is 6.66. The standard InChI is InChI=1S/C44H32N2/c1-7-19-31(20-8-1)37-39(33-23-11-3-12-24-33)42(35-27-15-5-16-28-35)45-44-41(37)38(32-21-9-2-10-22-32)40(34-25-13-4-14-26-34)43(46-44)36-29-17-6-18-30-36/h1-5,7-17,19-30H,6,18H2. The molecule has 0 N–H and O–H groups in total. The quantitative estimate of drug-likeness (QED) is 0.193. The summed E-state index contributed by atoms with van der Waals surface area (Å²) in [6.07, 6.45) is 8.84. The Morgan fingerprint density at radius 1 is 0.370 bits per heavy atom. The Kier molecular flexibility index (Phi) is 7.38. The number of nitrogens with zero attached hydrogens (tertiary/aromatic N) is 2. The highest BCUT2D eigenvalue weighted by atomic mass is 14.9. The Balaban J connectivity index is 1.65. The van der Waals surface area contributed by atoms with Gasteiger partial charge in [0.2, 0.25) is 0 Å². The minimum Gasteiger partial charge on any atom is -0.227 e. The van der Waals surface area contributed by atoms with E-state index in [9.17, 15) is 0 Å². The summed E-state index contributed by atoms with van der Waals surface area (Å²) >= 11 is 0. The van der Waals surface area contributed by atoms with Crippen LogP contribution in [-0.4, -0.2) is 9.97 Å². The van der Waals surface area contributed by atoms with E-state index in [1.807, 2.05) is 0 Å².